The molecule has 0 radical (unpaired) electrons. The number of nitrogens with zero attached hydrogens (tertiary/aromatic N) is 2. The lowest BCUT2D eigenvalue weighted by molar-refractivity contribution is 0.275. The first-order valence-electron chi connectivity index (χ1n) is 7.15. The number of aromatic nitrogens is 2. The Hall–Kier alpha value is -1.66. The molecule has 0 spiro atoms. The highest BCUT2D eigenvalue weighted by Crippen LogP contribution is 2.26. The Morgan fingerprint density at radius 3 is 3.09 bits per heavy atom. The van der Waals surface area contributed by atoms with Gasteiger partial charge in [0.1, 0.15) is 11.6 Å². The van der Waals surface area contributed by atoms with E-state index in [9.17, 15) is 4.39 Å². The number of halogens is 2. The molecule has 1 aromatic heterocycles. The molecule has 2 heterocycles. The van der Waals surface area contributed by atoms with E-state index in [1.165, 1.54) is 12.1 Å². The third kappa shape index (κ3) is 4.18. The van der Waals surface area contributed by atoms with E-state index in [4.69, 9.17) is 9.26 Å². The largest absolute Gasteiger partial charge is 0.485 e. The molecule has 1 fully saturated rings. The van der Waals surface area contributed by atoms with Gasteiger partial charge in [0.25, 0.3) is 0 Å². The Kier molecular flexibility index (Phi) is 5.74. The van der Waals surface area contributed by atoms with E-state index in [-0.39, 0.29) is 24.8 Å². The minimum absolute atomic E-state index is 0. The summed E-state index contributed by atoms with van der Waals surface area (Å²) in [7, 11) is 0. The number of ether oxygens (including phenoxy) is 1. The van der Waals surface area contributed by atoms with Crippen LogP contribution in [0.1, 0.15) is 37.4 Å². The van der Waals surface area contributed by atoms with Gasteiger partial charge in [0, 0.05) is 18.0 Å². The minimum atomic E-state index is -0.329. The normalized spacial score (nSPS) is 21.2. The molecule has 1 N–H and O–H groups in total. The topological polar surface area (TPSA) is 60.2 Å². The molecule has 0 amide bonds. The zero-order valence-electron chi connectivity index (χ0n) is 12.3. The van der Waals surface area contributed by atoms with Crippen LogP contribution in [0.5, 0.6) is 5.75 Å². The van der Waals surface area contributed by atoms with Crippen molar-refractivity contribution in [3.63, 3.8) is 0 Å². The van der Waals surface area contributed by atoms with Crippen molar-refractivity contribution in [3.8, 4) is 5.75 Å². The second-order valence-corrected chi connectivity index (χ2v) is 5.37. The quantitative estimate of drug-likeness (QED) is 0.935. The SMILES string of the molecule is C[C@H]1C[C@@H](c2nc(COc3cccc(F)c3)no2)CCN1.Cl. The highest BCUT2D eigenvalue weighted by Gasteiger charge is 2.24. The van der Waals surface area contributed by atoms with Gasteiger partial charge in [0.2, 0.25) is 11.7 Å². The van der Waals surface area contributed by atoms with Gasteiger partial charge in [0.05, 0.1) is 0 Å². The van der Waals surface area contributed by atoms with Crippen molar-refractivity contribution in [1.82, 2.24) is 15.5 Å². The van der Waals surface area contributed by atoms with Crippen LogP contribution in [0.4, 0.5) is 4.39 Å². The van der Waals surface area contributed by atoms with Gasteiger partial charge < -0.3 is 14.6 Å². The fraction of sp³-hybridized carbons (Fsp3) is 0.467. The van der Waals surface area contributed by atoms with Gasteiger partial charge in [-0.1, -0.05) is 11.2 Å². The van der Waals surface area contributed by atoms with Crippen molar-refractivity contribution < 1.29 is 13.7 Å². The Labute approximate surface area is 134 Å². The number of piperidine rings is 1. The molecule has 1 aliphatic heterocycles. The van der Waals surface area contributed by atoms with Crippen LogP contribution in [0.25, 0.3) is 0 Å². The molecule has 5 nitrogen and oxygen atoms in total. The smallest absolute Gasteiger partial charge is 0.229 e. The maximum absolute atomic E-state index is 13.0. The maximum atomic E-state index is 13.0. The van der Waals surface area contributed by atoms with Crippen molar-refractivity contribution in [1.29, 1.82) is 0 Å². The molecular formula is C15H19ClFN3O2. The number of benzene rings is 1. The Morgan fingerprint density at radius 2 is 2.32 bits per heavy atom. The first kappa shape index (κ1) is 16.7. The highest BCUT2D eigenvalue weighted by molar-refractivity contribution is 5.85. The van der Waals surface area contributed by atoms with Crippen LogP contribution < -0.4 is 10.1 Å². The Morgan fingerprint density at radius 1 is 1.45 bits per heavy atom. The molecule has 120 valence electrons. The lowest BCUT2D eigenvalue weighted by Gasteiger charge is -2.25. The third-order valence-electron chi connectivity index (χ3n) is 3.62. The first-order chi connectivity index (χ1) is 10.2. The molecular weight excluding hydrogens is 309 g/mol. The molecule has 2 aromatic rings. The Bertz CT molecular complexity index is 608. The molecule has 0 unspecified atom stereocenters. The van der Waals surface area contributed by atoms with Crippen LogP contribution in [0, 0.1) is 5.82 Å². The molecule has 0 saturated carbocycles. The number of hydrogen-bond donors (Lipinski definition) is 1. The molecule has 0 aliphatic carbocycles. The summed E-state index contributed by atoms with van der Waals surface area (Å²) in [6, 6.07) is 6.46. The summed E-state index contributed by atoms with van der Waals surface area (Å²) >= 11 is 0. The summed E-state index contributed by atoms with van der Waals surface area (Å²) in [6.07, 6.45) is 1.99. The van der Waals surface area contributed by atoms with Crippen molar-refractivity contribution in [2.45, 2.75) is 38.3 Å². The van der Waals surface area contributed by atoms with Crippen LogP contribution in [-0.4, -0.2) is 22.7 Å². The maximum Gasteiger partial charge on any atom is 0.229 e. The monoisotopic (exact) mass is 327 g/mol. The van der Waals surface area contributed by atoms with Gasteiger partial charge in [-0.2, -0.15) is 4.98 Å². The summed E-state index contributed by atoms with van der Waals surface area (Å²) in [5.74, 6) is 1.58. The summed E-state index contributed by atoms with van der Waals surface area (Å²) in [6.45, 7) is 3.29. The summed E-state index contributed by atoms with van der Waals surface area (Å²) in [4.78, 5) is 4.38. The lowest BCUT2D eigenvalue weighted by atomic mass is 9.93. The van der Waals surface area contributed by atoms with Crippen LogP contribution >= 0.6 is 12.4 Å². The summed E-state index contributed by atoms with van der Waals surface area (Å²) < 4.78 is 23.8. The average Bonchev–Trinajstić information content (AvgIpc) is 2.94. The number of nitrogens with one attached hydrogen (secondary N) is 1. The van der Waals surface area contributed by atoms with Gasteiger partial charge >= 0.3 is 0 Å². The molecule has 1 aliphatic rings. The predicted molar refractivity (Wildman–Crippen MR) is 81.7 cm³/mol. The van der Waals surface area contributed by atoms with E-state index in [1.54, 1.807) is 12.1 Å². The number of hydrogen-bond acceptors (Lipinski definition) is 5. The second kappa shape index (κ2) is 7.56. The van der Waals surface area contributed by atoms with Gasteiger partial charge in [-0.05, 0) is 38.4 Å². The van der Waals surface area contributed by atoms with E-state index in [2.05, 4.69) is 22.4 Å². The average molecular weight is 328 g/mol. The highest BCUT2D eigenvalue weighted by atomic mass is 35.5. The molecule has 3 rings (SSSR count). The van der Waals surface area contributed by atoms with Crippen LogP contribution in [0.3, 0.4) is 0 Å². The van der Waals surface area contributed by atoms with Crippen molar-refractivity contribution in [2.24, 2.45) is 0 Å². The second-order valence-electron chi connectivity index (χ2n) is 5.37. The lowest BCUT2D eigenvalue weighted by Crippen LogP contribution is -2.34. The Balaban J connectivity index is 0.00000176. The van der Waals surface area contributed by atoms with Crippen LogP contribution in [-0.2, 0) is 6.61 Å². The molecule has 1 aromatic carbocycles. The molecule has 0 bridgehead atoms. The van der Waals surface area contributed by atoms with E-state index in [1.807, 2.05) is 0 Å². The van der Waals surface area contributed by atoms with Crippen molar-refractivity contribution >= 4 is 12.4 Å². The fourth-order valence-corrected chi connectivity index (χ4v) is 2.55. The fourth-order valence-electron chi connectivity index (χ4n) is 2.55. The first-order valence-corrected chi connectivity index (χ1v) is 7.15. The van der Waals surface area contributed by atoms with Crippen LogP contribution in [0.15, 0.2) is 28.8 Å². The van der Waals surface area contributed by atoms with E-state index >= 15 is 0 Å². The zero-order chi connectivity index (χ0) is 14.7. The molecule has 22 heavy (non-hydrogen) atoms. The van der Waals surface area contributed by atoms with Gasteiger partial charge in [0.15, 0.2) is 6.61 Å². The summed E-state index contributed by atoms with van der Waals surface area (Å²) in [5, 5.41) is 7.32. The molecule has 7 heteroatoms. The van der Waals surface area contributed by atoms with E-state index in [0.717, 1.165) is 19.4 Å². The predicted octanol–water partition coefficient (Wildman–Crippen LogP) is 3.07. The van der Waals surface area contributed by atoms with E-state index in [0.29, 0.717) is 29.4 Å². The number of rotatable bonds is 4. The zero-order valence-corrected chi connectivity index (χ0v) is 13.1. The van der Waals surface area contributed by atoms with Crippen LogP contribution in [0.2, 0.25) is 0 Å². The van der Waals surface area contributed by atoms with Crippen molar-refractivity contribution in [2.75, 3.05) is 6.54 Å². The van der Waals surface area contributed by atoms with Gasteiger partial charge in [-0.25, -0.2) is 4.39 Å². The van der Waals surface area contributed by atoms with E-state index < -0.39 is 0 Å². The van der Waals surface area contributed by atoms with Gasteiger partial charge in [-0.3, -0.25) is 0 Å². The third-order valence-corrected chi connectivity index (χ3v) is 3.62. The standard InChI is InChI=1S/C15H18FN3O2.ClH/c1-10-7-11(5-6-17-10)15-18-14(19-21-15)9-20-13-4-2-3-12(16)8-13;/h2-4,8,10-11,17H,5-7,9H2,1H3;1H/t10-,11-;/m0./s1. The summed E-state index contributed by atoms with van der Waals surface area (Å²) in [5.41, 5.74) is 0. The molecule has 1 saturated heterocycles. The molecule has 2 atom stereocenters. The van der Waals surface area contributed by atoms with Gasteiger partial charge in [-0.15, -0.1) is 12.4 Å². The minimum Gasteiger partial charge on any atom is -0.485 e. The van der Waals surface area contributed by atoms with Crippen molar-refractivity contribution in [3.05, 3.63) is 41.8 Å².